The van der Waals surface area contributed by atoms with E-state index in [0.29, 0.717) is 6.04 Å². The number of nitrogens with two attached hydrogens (primary N) is 1. The summed E-state index contributed by atoms with van der Waals surface area (Å²) < 4.78 is 5.49. The summed E-state index contributed by atoms with van der Waals surface area (Å²) in [5, 5.41) is 0. The van der Waals surface area contributed by atoms with Gasteiger partial charge in [0.1, 0.15) is 0 Å². The molecule has 2 N–H and O–H groups in total. The molecule has 0 aliphatic carbocycles. The normalized spacial score (nSPS) is 27.5. The van der Waals surface area contributed by atoms with Crippen LogP contribution in [0.25, 0.3) is 0 Å². The molecule has 17 heavy (non-hydrogen) atoms. The second-order valence-electron chi connectivity index (χ2n) is 5.69. The lowest BCUT2D eigenvalue weighted by Gasteiger charge is -2.49. The van der Waals surface area contributed by atoms with E-state index in [9.17, 15) is 0 Å². The van der Waals surface area contributed by atoms with Crippen LogP contribution in [0.2, 0.25) is 0 Å². The summed E-state index contributed by atoms with van der Waals surface area (Å²) in [7, 11) is 4.48. The average Bonchev–Trinajstić information content (AvgIpc) is 2.39. The van der Waals surface area contributed by atoms with E-state index >= 15 is 0 Å². The fraction of sp³-hybridized carbons (Fsp3) is 1.00. The van der Waals surface area contributed by atoms with Gasteiger partial charge in [-0.05, 0) is 52.9 Å². The number of hydrogen-bond acceptors (Lipinski definition) is 4. The van der Waals surface area contributed by atoms with E-state index in [2.05, 4.69) is 23.9 Å². The monoisotopic (exact) mass is 241 g/mol. The highest BCUT2D eigenvalue weighted by Gasteiger charge is 2.39. The Morgan fingerprint density at radius 1 is 1.29 bits per heavy atom. The van der Waals surface area contributed by atoms with Gasteiger partial charge < -0.3 is 15.4 Å². The first-order valence-corrected chi connectivity index (χ1v) is 6.87. The Kier molecular flexibility index (Phi) is 4.42. The van der Waals surface area contributed by atoms with E-state index < -0.39 is 0 Å². The summed E-state index contributed by atoms with van der Waals surface area (Å²) in [6.07, 6.45) is 4.73. The van der Waals surface area contributed by atoms with Crippen molar-refractivity contribution in [3.05, 3.63) is 0 Å². The second-order valence-corrected chi connectivity index (χ2v) is 5.69. The summed E-state index contributed by atoms with van der Waals surface area (Å²) in [4.78, 5) is 4.99. The standard InChI is InChI=1S/C13H27N3O/c1-15-7-3-12(4-8-15)16(2)13(11-14)5-9-17-10-6-13/h12H,3-11,14H2,1-2H3. The largest absolute Gasteiger partial charge is 0.381 e. The van der Waals surface area contributed by atoms with Crippen LogP contribution in [0.4, 0.5) is 0 Å². The Hall–Kier alpha value is -0.160. The molecule has 2 saturated heterocycles. The predicted octanol–water partition coefficient (Wildman–Crippen LogP) is 0.520. The van der Waals surface area contributed by atoms with E-state index in [1.54, 1.807) is 0 Å². The van der Waals surface area contributed by atoms with Crippen LogP contribution >= 0.6 is 0 Å². The molecule has 0 atom stereocenters. The minimum Gasteiger partial charge on any atom is -0.381 e. The van der Waals surface area contributed by atoms with Gasteiger partial charge >= 0.3 is 0 Å². The molecule has 0 spiro atoms. The van der Waals surface area contributed by atoms with Crippen molar-refractivity contribution in [1.29, 1.82) is 0 Å². The second kappa shape index (κ2) is 5.65. The molecule has 0 saturated carbocycles. The zero-order chi connectivity index (χ0) is 12.3. The van der Waals surface area contributed by atoms with Gasteiger partial charge in [-0.2, -0.15) is 0 Å². The van der Waals surface area contributed by atoms with Crippen LogP contribution in [0.1, 0.15) is 25.7 Å². The van der Waals surface area contributed by atoms with Crippen molar-refractivity contribution < 1.29 is 4.74 Å². The number of nitrogens with zero attached hydrogens (tertiary/aromatic N) is 2. The fourth-order valence-electron chi connectivity index (χ4n) is 3.22. The van der Waals surface area contributed by atoms with Crippen LogP contribution in [-0.2, 0) is 4.74 Å². The van der Waals surface area contributed by atoms with Crippen LogP contribution in [-0.4, -0.2) is 68.3 Å². The quantitative estimate of drug-likeness (QED) is 0.782. The highest BCUT2D eigenvalue weighted by molar-refractivity contribution is 4.96. The number of piperidine rings is 1. The van der Waals surface area contributed by atoms with Gasteiger partial charge in [-0.25, -0.2) is 0 Å². The van der Waals surface area contributed by atoms with Gasteiger partial charge in [0.05, 0.1) is 0 Å². The van der Waals surface area contributed by atoms with Crippen LogP contribution in [0, 0.1) is 0 Å². The molecule has 100 valence electrons. The minimum absolute atomic E-state index is 0.193. The van der Waals surface area contributed by atoms with Crippen molar-refractivity contribution in [1.82, 2.24) is 9.80 Å². The molecule has 0 aromatic carbocycles. The summed E-state index contributed by atoms with van der Waals surface area (Å²) in [5.74, 6) is 0. The van der Waals surface area contributed by atoms with Crippen LogP contribution in [0.3, 0.4) is 0 Å². The Labute approximate surface area is 105 Å². The summed E-state index contributed by atoms with van der Waals surface area (Å²) in [6, 6.07) is 0.702. The van der Waals surface area contributed by atoms with Gasteiger partial charge in [0.15, 0.2) is 0 Å². The third-order valence-electron chi connectivity index (χ3n) is 4.79. The molecule has 4 nitrogen and oxygen atoms in total. The molecule has 0 radical (unpaired) electrons. The SMILES string of the molecule is CN1CCC(N(C)C2(CN)CCOCC2)CC1. The number of rotatable bonds is 3. The van der Waals surface area contributed by atoms with E-state index in [-0.39, 0.29) is 5.54 Å². The highest BCUT2D eigenvalue weighted by atomic mass is 16.5. The molecule has 0 aromatic rings. The zero-order valence-electron chi connectivity index (χ0n) is 11.3. The summed E-state index contributed by atoms with van der Waals surface area (Å²) in [6.45, 7) is 4.93. The van der Waals surface area contributed by atoms with Crippen LogP contribution < -0.4 is 5.73 Å². The third kappa shape index (κ3) is 2.81. The van der Waals surface area contributed by atoms with Gasteiger partial charge in [0.25, 0.3) is 0 Å². The first-order chi connectivity index (χ1) is 8.18. The molecule has 0 amide bonds. The molecule has 0 aromatic heterocycles. The first-order valence-electron chi connectivity index (χ1n) is 6.87. The van der Waals surface area contributed by atoms with E-state index in [0.717, 1.165) is 32.6 Å². The van der Waals surface area contributed by atoms with Crippen molar-refractivity contribution in [3.8, 4) is 0 Å². The van der Waals surface area contributed by atoms with Gasteiger partial charge in [0.2, 0.25) is 0 Å². The third-order valence-corrected chi connectivity index (χ3v) is 4.79. The fourth-order valence-corrected chi connectivity index (χ4v) is 3.22. The van der Waals surface area contributed by atoms with Crippen LogP contribution in [0.15, 0.2) is 0 Å². The van der Waals surface area contributed by atoms with Crippen molar-refractivity contribution in [2.75, 3.05) is 46.9 Å². The van der Waals surface area contributed by atoms with Crippen molar-refractivity contribution in [3.63, 3.8) is 0 Å². The Balaban J connectivity index is 1.98. The van der Waals surface area contributed by atoms with Crippen molar-refractivity contribution in [2.24, 2.45) is 5.73 Å². The molecular weight excluding hydrogens is 214 g/mol. The van der Waals surface area contributed by atoms with Gasteiger partial charge in [-0.15, -0.1) is 0 Å². The zero-order valence-corrected chi connectivity index (χ0v) is 11.3. The summed E-state index contributed by atoms with van der Waals surface area (Å²) in [5.41, 5.74) is 6.26. The average molecular weight is 241 g/mol. The Bertz CT molecular complexity index is 233. The van der Waals surface area contributed by atoms with Gasteiger partial charge in [-0.3, -0.25) is 4.90 Å². The Morgan fingerprint density at radius 2 is 1.88 bits per heavy atom. The maximum Gasteiger partial charge on any atom is 0.0484 e. The molecule has 2 fully saturated rings. The highest BCUT2D eigenvalue weighted by Crippen LogP contribution is 2.30. The molecule has 0 unspecified atom stereocenters. The van der Waals surface area contributed by atoms with Crippen LogP contribution in [0.5, 0.6) is 0 Å². The maximum absolute atomic E-state index is 6.07. The number of likely N-dealkylation sites (tertiary alicyclic amines) is 1. The van der Waals surface area contributed by atoms with Crippen molar-refractivity contribution in [2.45, 2.75) is 37.3 Å². The molecule has 2 aliphatic heterocycles. The number of ether oxygens (including phenoxy) is 1. The Morgan fingerprint density at radius 3 is 2.41 bits per heavy atom. The van der Waals surface area contributed by atoms with E-state index in [4.69, 9.17) is 10.5 Å². The molecular formula is C13H27N3O. The summed E-state index contributed by atoms with van der Waals surface area (Å²) >= 11 is 0. The lowest BCUT2D eigenvalue weighted by atomic mass is 9.85. The van der Waals surface area contributed by atoms with Gasteiger partial charge in [-0.1, -0.05) is 0 Å². The number of hydrogen-bond donors (Lipinski definition) is 1. The van der Waals surface area contributed by atoms with E-state index in [1.807, 2.05) is 0 Å². The van der Waals surface area contributed by atoms with E-state index in [1.165, 1.54) is 25.9 Å². The topological polar surface area (TPSA) is 41.7 Å². The minimum atomic E-state index is 0.193. The molecule has 0 bridgehead atoms. The lowest BCUT2D eigenvalue weighted by Crippen LogP contribution is -2.60. The predicted molar refractivity (Wildman–Crippen MR) is 70.1 cm³/mol. The first kappa shape index (κ1) is 13.3. The van der Waals surface area contributed by atoms with Crippen molar-refractivity contribution >= 4 is 0 Å². The molecule has 4 heteroatoms. The lowest BCUT2D eigenvalue weighted by molar-refractivity contribution is -0.0401. The molecule has 2 aliphatic rings. The number of likely N-dealkylation sites (N-methyl/N-ethyl adjacent to an activating group) is 1. The maximum atomic E-state index is 6.07. The van der Waals surface area contributed by atoms with Gasteiger partial charge in [0, 0.05) is 31.3 Å². The molecule has 2 heterocycles. The molecule has 2 rings (SSSR count). The smallest absolute Gasteiger partial charge is 0.0484 e.